The van der Waals surface area contributed by atoms with Gasteiger partial charge in [-0.05, 0) is 12.1 Å². The van der Waals surface area contributed by atoms with Gasteiger partial charge in [0.05, 0.1) is 5.75 Å². The predicted molar refractivity (Wildman–Crippen MR) is 89.7 cm³/mol. The number of rotatable bonds is 6. The quantitative estimate of drug-likeness (QED) is 0.800. The summed E-state index contributed by atoms with van der Waals surface area (Å²) in [6, 6.07) is 9.58. The third-order valence-corrected chi connectivity index (χ3v) is 4.51. The molecule has 1 atom stereocenters. The first-order chi connectivity index (χ1) is 11.6. The lowest BCUT2D eigenvalue weighted by Crippen LogP contribution is -2.32. The standard InChI is InChI=1S/C16H18N4O3S/c1-11-18-19-16(23-11)24-10-14(21)17-8-12-7-15(22)20(9-12)13-5-3-2-4-6-13/h2-6,12H,7-10H2,1H3,(H,17,21)/t12-/m0/s1. The zero-order valence-electron chi connectivity index (χ0n) is 13.3. The van der Waals surface area contributed by atoms with E-state index in [-0.39, 0.29) is 23.5 Å². The number of carbonyl (C=O) groups excluding carboxylic acids is 2. The minimum absolute atomic E-state index is 0.0937. The summed E-state index contributed by atoms with van der Waals surface area (Å²) in [5, 5.41) is 10.8. The summed E-state index contributed by atoms with van der Waals surface area (Å²) in [7, 11) is 0. The number of amides is 2. The Balaban J connectivity index is 1.44. The molecule has 1 fully saturated rings. The molecule has 7 nitrogen and oxygen atoms in total. The average Bonchev–Trinajstić information content (AvgIpc) is 3.17. The smallest absolute Gasteiger partial charge is 0.277 e. The Morgan fingerprint density at radius 1 is 1.38 bits per heavy atom. The molecular weight excluding hydrogens is 328 g/mol. The maximum atomic E-state index is 12.1. The number of aromatic nitrogens is 2. The van der Waals surface area contributed by atoms with Crippen LogP contribution in [0.5, 0.6) is 0 Å². The highest BCUT2D eigenvalue weighted by Crippen LogP contribution is 2.24. The first kappa shape index (κ1) is 16.5. The van der Waals surface area contributed by atoms with Crippen LogP contribution in [0.25, 0.3) is 0 Å². The van der Waals surface area contributed by atoms with Crippen LogP contribution >= 0.6 is 11.8 Å². The maximum Gasteiger partial charge on any atom is 0.277 e. The van der Waals surface area contributed by atoms with Crippen molar-refractivity contribution in [2.24, 2.45) is 5.92 Å². The SMILES string of the molecule is Cc1nnc(SCC(=O)NC[C@@H]2CC(=O)N(c3ccccc3)C2)o1. The summed E-state index contributed by atoms with van der Waals surface area (Å²) in [6.07, 6.45) is 0.450. The Bertz CT molecular complexity index is 719. The molecule has 1 aromatic heterocycles. The van der Waals surface area contributed by atoms with Crippen molar-refractivity contribution in [2.75, 3.05) is 23.7 Å². The van der Waals surface area contributed by atoms with Gasteiger partial charge in [0, 0.05) is 38.0 Å². The minimum Gasteiger partial charge on any atom is -0.416 e. The van der Waals surface area contributed by atoms with Gasteiger partial charge in [0.1, 0.15) is 0 Å². The summed E-state index contributed by atoms with van der Waals surface area (Å²) < 4.78 is 5.20. The molecule has 1 aliphatic heterocycles. The van der Waals surface area contributed by atoms with Crippen molar-refractivity contribution < 1.29 is 14.0 Å². The number of anilines is 1. The molecule has 0 spiro atoms. The Kier molecular flexibility index (Phi) is 5.14. The molecule has 1 saturated heterocycles. The molecule has 24 heavy (non-hydrogen) atoms. The largest absolute Gasteiger partial charge is 0.416 e. The molecule has 1 N–H and O–H groups in total. The molecule has 1 aliphatic rings. The highest BCUT2D eigenvalue weighted by Gasteiger charge is 2.30. The van der Waals surface area contributed by atoms with Crippen molar-refractivity contribution in [2.45, 2.75) is 18.6 Å². The van der Waals surface area contributed by atoms with Crippen LogP contribution in [0.2, 0.25) is 0 Å². The van der Waals surface area contributed by atoms with Gasteiger partial charge in [-0.25, -0.2) is 0 Å². The first-order valence-electron chi connectivity index (χ1n) is 7.67. The van der Waals surface area contributed by atoms with E-state index in [1.807, 2.05) is 30.3 Å². The fourth-order valence-corrected chi connectivity index (χ4v) is 3.18. The lowest BCUT2D eigenvalue weighted by atomic mass is 10.1. The molecule has 126 valence electrons. The number of nitrogens with one attached hydrogen (secondary N) is 1. The van der Waals surface area contributed by atoms with Crippen LogP contribution in [0.15, 0.2) is 40.0 Å². The van der Waals surface area contributed by atoms with Crippen molar-refractivity contribution in [1.29, 1.82) is 0 Å². The molecular formula is C16H18N4O3S. The van der Waals surface area contributed by atoms with E-state index >= 15 is 0 Å². The topological polar surface area (TPSA) is 88.3 Å². The van der Waals surface area contributed by atoms with Crippen molar-refractivity contribution in [3.05, 3.63) is 36.2 Å². The number of hydrogen-bond donors (Lipinski definition) is 1. The molecule has 2 heterocycles. The molecule has 0 saturated carbocycles. The lowest BCUT2D eigenvalue weighted by Gasteiger charge is -2.16. The van der Waals surface area contributed by atoms with Gasteiger partial charge in [0.2, 0.25) is 17.7 Å². The van der Waals surface area contributed by atoms with Crippen LogP contribution in [0.4, 0.5) is 5.69 Å². The zero-order chi connectivity index (χ0) is 16.9. The van der Waals surface area contributed by atoms with E-state index in [2.05, 4.69) is 15.5 Å². The number of thioether (sulfide) groups is 1. The van der Waals surface area contributed by atoms with E-state index in [0.717, 1.165) is 5.69 Å². The number of hydrogen-bond acceptors (Lipinski definition) is 6. The maximum absolute atomic E-state index is 12.1. The summed E-state index contributed by atoms with van der Waals surface area (Å²) in [5.41, 5.74) is 0.902. The highest BCUT2D eigenvalue weighted by molar-refractivity contribution is 7.99. The summed E-state index contributed by atoms with van der Waals surface area (Å²) in [6.45, 7) is 2.81. The van der Waals surface area contributed by atoms with Crippen LogP contribution < -0.4 is 10.2 Å². The number of carbonyl (C=O) groups is 2. The number of benzene rings is 1. The molecule has 0 aliphatic carbocycles. The molecule has 1 aromatic carbocycles. The Morgan fingerprint density at radius 2 is 2.17 bits per heavy atom. The average molecular weight is 346 g/mol. The molecule has 0 bridgehead atoms. The van der Waals surface area contributed by atoms with Gasteiger partial charge in [-0.15, -0.1) is 10.2 Å². The van der Waals surface area contributed by atoms with E-state index < -0.39 is 0 Å². The molecule has 0 unspecified atom stereocenters. The monoisotopic (exact) mass is 346 g/mol. The second kappa shape index (κ2) is 7.48. The van der Waals surface area contributed by atoms with Crippen LogP contribution in [0.3, 0.4) is 0 Å². The Morgan fingerprint density at radius 3 is 2.88 bits per heavy atom. The van der Waals surface area contributed by atoms with Gasteiger partial charge in [0.15, 0.2) is 0 Å². The number of para-hydroxylation sites is 1. The summed E-state index contributed by atoms with van der Waals surface area (Å²) in [5.74, 6) is 0.795. The van der Waals surface area contributed by atoms with E-state index in [1.54, 1.807) is 11.8 Å². The van der Waals surface area contributed by atoms with Crippen LogP contribution in [0.1, 0.15) is 12.3 Å². The van der Waals surface area contributed by atoms with Gasteiger partial charge in [-0.1, -0.05) is 30.0 Å². The number of nitrogens with zero attached hydrogens (tertiary/aromatic N) is 3. The number of aryl methyl sites for hydroxylation is 1. The van der Waals surface area contributed by atoms with Crippen molar-refractivity contribution in [1.82, 2.24) is 15.5 Å². The van der Waals surface area contributed by atoms with Gasteiger partial charge in [0.25, 0.3) is 5.22 Å². The first-order valence-corrected chi connectivity index (χ1v) is 8.65. The molecule has 2 amide bonds. The molecule has 8 heteroatoms. The van der Waals surface area contributed by atoms with E-state index in [0.29, 0.717) is 30.6 Å². The van der Waals surface area contributed by atoms with Crippen molar-refractivity contribution in [3.63, 3.8) is 0 Å². The van der Waals surface area contributed by atoms with Crippen LogP contribution in [-0.2, 0) is 9.59 Å². The van der Waals surface area contributed by atoms with Crippen molar-refractivity contribution >= 4 is 29.3 Å². The van der Waals surface area contributed by atoms with E-state index in [9.17, 15) is 9.59 Å². The third kappa shape index (κ3) is 4.14. The molecule has 2 aromatic rings. The fourth-order valence-electron chi connectivity index (χ4n) is 2.55. The second-order valence-electron chi connectivity index (χ2n) is 5.59. The van der Waals surface area contributed by atoms with Gasteiger partial charge >= 0.3 is 0 Å². The third-order valence-electron chi connectivity index (χ3n) is 3.70. The second-order valence-corrected chi connectivity index (χ2v) is 6.52. The molecule has 3 rings (SSSR count). The minimum atomic E-state index is -0.110. The van der Waals surface area contributed by atoms with Crippen molar-refractivity contribution in [3.8, 4) is 0 Å². The van der Waals surface area contributed by atoms with Gasteiger partial charge in [-0.2, -0.15) is 0 Å². The highest BCUT2D eigenvalue weighted by atomic mass is 32.2. The summed E-state index contributed by atoms with van der Waals surface area (Å²) in [4.78, 5) is 25.8. The Hall–Kier alpha value is -2.35. The van der Waals surface area contributed by atoms with E-state index in [4.69, 9.17) is 4.42 Å². The fraction of sp³-hybridized carbons (Fsp3) is 0.375. The van der Waals surface area contributed by atoms with Crippen LogP contribution in [-0.4, -0.2) is 40.9 Å². The summed E-state index contributed by atoms with van der Waals surface area (Å²) >= 11 is 1.20. The molecule has 0 radical (unpaired) electrons. The lowest BCUT2D eigenvalue weighted by molar-refractivity contribution is -0.119. The normalized spacial score (nSPS) is 17.3. The van der Waals surface area contributed by atoms with Crippen LogP contribution in [0, 0.1) is 12.8 Å². The predicted octanol–water partition coefficient (Wildman–Crippen LogP) is 1.64. The Labute approximate surface area is 143 Å². The van der Waals surface area contributed by atoms with Gasteiger partial charge < -0.3 is 14.6 Å². The zero-order valence-corrected chi connectivity index (χ0v) is 14.1. The van der Waals surface area contributed by atoms with E-state index in [1.165, 1.54) is 11.8 Å². The van der Waals surface area contributed by atoms with Gasteiger partial charge in [-0.3, -0.25) is 9.59 Å².